The summed E-state index contributed by atoms with van der Waals surface area (Å²) in [5.74, 6) is -0.677. The Balaban J connectivity index is 2.53. The van der Waals surface area contributed by atoms with Crippen LogP contribution in [-0.4, -0.2) is 46.7 Å². The molecule has 0 atom stereocenters. The number of ether oxygens (including phenoxy) is 2. The van der Waals surface area contributed by atoms with Crippen LogP contribution in [0.4, 0.5) is 21.0 Å². The van der Waals surface area contributed by atoms with Crippen LogP contribution in [0, 0.1) is 0 Å². The lowest BCUT2D eigenvalue weighted by atomic mass is 10.2. The largest absolute Gasteiger partial charge is 0.453 e. The third kappa shape index (κ3) is 8.62. The summed E-state index contributed by atoms with van der Waals surface area (Å²) in [5.41, 5.74) is 0.0241. The number of carbonyl (C=O) groups is 3. The van der Waals surface area contributed by atoms with Crippen LogP contribution < -0.4 is 20.1 Å². The van der Waals surface area contributed by atoms with Gasteiger partial charge in [0.25, 0.3) is 0 Å². The second-order valence-electron chi connectivity index (χ2n) is 6.87. The number of rotatable bonds is 8. The molecule has 35 heavy (non-hydrogen) atoms. The van der Waals surface area contributed by atoms with E-state index in [0.29, 0.717) is 6.42 Å². The molecular formula is C22H26N4O8S. The molecule has 0 saturated heterocycles. The van der Waals surface area contributed by atoms with Gasteiger partial charge in [-0.05, 0) is 36.8 Å². The van der Waals surface area contributed by atoms with E-state index >= 15 is 0 Å². The first-order valence-corrected chi connectivity index (χ1v) is 11.8. The number of benzene rings is 2. The molecule has 2 rings (SSSR count). The predicted molar refractivity (Wildman–Crippen MR) is 127 cm³/mol. The van der Waals surface area contributed by atoms with Gasteiger partial charge >= 0.3 is 22.3 Å². The number of hydrogen-bond donors (Lipinski definition) is 3. The van der Waals surface area contributed by atoms with Crippen molar-refractivity contribution in [1.29, 1.82) is 0 Å². The third-order valence-corrected chi connectivity index (χ3v) is 5.53. The highest BCUT2D eigenvalue weighted by Crippen LogP contribution is 2.30. The summed E-state index contributed by atoms with van der Waals surface area (Å²) in [5, 5.41) is 7.00. The van der Waals surface area contributed by atoms with E-state index < -0.39 is 28.3 Å². The molecule has 0 aliphatic rings. The van der Waals surface area contributed by atoms with Crippen molar-refractivity contribution in [2.45, 2.75) is 31.1 Å². The Morgan fingerprint density at radius 2 is 1.57 bits per heavy atom. The summed E-state index contributed by atoms with van der Waals surface area (Å²) in [4.78, 5) is 39.5. The van der Waals surface area contributed by atoms with E-state index in [1.54, 1.807) is 18.2 Å². The van der Waals surface area contributed by atoms with Crippen molar-refractivity contribution in [1.82, 2.24) is 10.6 Å². The lowest BCUT2D eigenvalue weighted by Gasteiger charge is -2.13. The molecule has 0 spiro atoms. The van der Waals surface area contributed by atoms with Crippen LogP contribution in [0.25, 0.3) is 0 Å². The minimum absolute atomic E-state index is 0.0925. The number of nitrogens with one attached hydrogen (secondary N) is 3. The van der Waals surface area contributed by atoms with Crippen molar-refractivity contribution in [3.05, 3.63) is 48.5 Å². The van der Waals surface area contributed by atoms with E-state index in [4.69, 9.17) is 4.18 Å². The molecule has 2 aromatic carbocycles. The van der Waals surface area contributed by atoms with Crippen LogP contribution in [0.2, 0.25) is 0 Å². The zero-order valence-corrected chi connectivity index (χ0v) is 20.2. The number of amides is 3. The maximum atomic E-state index is 12.8. The first-order chi connectivity index (χ1) is 16.7. The predicted octanol–water partition coefficient (Wildman–Crippen LogP) is 3.28. The molecular weight excluding hydrogens is 480 g/mol. The van der Waals surface area contributed by atoms with Crippen molar-refractivity contribution >= 4 is 45.5 Å². The van der Waals surface area contributed by atoms with Gasteiger partial charge in [-0.3, -0.25) is 15.4 Å². The summed E-state index contributed by atoms with van der Waals surface area (Å²) in [7, 11) is -2.10. The highest BCUT2D eigenvalue weighted by Gasteiger charge is 2.20. The zero-order chi connectivity index (χ0) is 25.8. The fourth-order valence-electron chi connectivity index (χ4n) is 2.57. The monoisotopic (exact) mass is 506 g/mol. The molecule has 13 heteroatoms. The summed E-state index contributed by atoms with van der Waals surface area (Å²) in [6.45, 7) is 1.93. The Labute approximate surface area is 202 Å². The molecule has 0 saturated carbocycles. The Bertz CT molecular complexity index is 1160. The number of guanidine groups is 1. The number of unbranched alkanes of at least 4 members (excludes halogenated alkanes) is 1. The van der Waals surface area contributed by atoms with Gasteiger partial charge in [0.1, 0.15) is 10.6 Å². The number of aliphatic imine (C=N–C) groups is 1. The van der Waals surface area contributed by atoms with Gasteiger partial charge in [-0.15, -0.1) is 0 Å². The zero-order valence-electron chi connectivity index (χ0n) is 19.4. The highest BCUT2D eigenvalue weighted by atomic mass is 32.2. The SMILES string of the molecule is CCCCC(=O)Nc1ccc(S(=O)(=O)Oc2ccccc2)cc1N=C(NC(=O)OC)NC(=O)OC. The van der Waals surface area contributed by atoms with E-state index in [0.717, 1.165) is 26.7 Å². The van der Waals surface area contributed by atoms with Crippen LogP contribution >= 0.6 is 0 Å². The second-order valence-corrected chi connectivity index (χ2v) is 8.42. The number of para-hydroxylation sites is 1. The molecule has 0 aromatic heterocycles. The van der Waals surface area contributed by atoms with Gasteiger partial charge in [0.2, 0.25) is 11.9 Å². The number of nitrogens with zero attached hydrogens (tertiary/aromatic N) is 1. The van der Waals surface area contributed by atoms with E-state index in [1.807, 2.05) is 6.92 Å². The summed E-state index contributed by atoms with van der Waals surface area (Å²) in [6.07, 6.45) is -0.275. The van der Waals surface area contributed by atoms with Crippen molar-refractivity contribution < 1.29 is 36.5 Å². The second kappa shape index (κ2) is 12.9. The Hall–Kier alpha value is -4.13. The Morgan fingerprint density at radius 3 is 2.14 bits per heavy atom. The average Bonchev–Trinajstić information content (AvgIpc) is 2.83. The van der Waals surface area contributed by atoms with Crippen molar-refractivity contribution in [3.8, 4) is 5.75 Å². The van der Waals surface area contributed by atoms with Crippen LogP contribution in [0.15, 0.2) is 58.4 Å². The van der Waals surface area contributed by atoms with Gasteiger partial charge in [-0.2, -0.15) is 8.42 Å². The van der Waals surface area contributed by atoms with Crippen LogP contribution in [0.3, 0.4) is 0 Å². The van der Waals surface area contributed by atoms with Gasteiger partial charge in [-0.25, -0.2) is 14.6 Å². The topological polar surface area (TPSA) is 161 Å². The fraction of sp³-hybridized carbons (Fsp3) is 0.273. The average molecular weight is 507 g/mol. The molecule has 0 fully saturated rings. The van der Waals surface area contributed by atoms with E-state index in [2.05, 4.69) is 30.4 Å². The summed E-state index contributed by atoms with van der Waals surface area (Å²) >= 11 is 0. The minimum Gasteiger partial charge on any atom is -0.453 e. The molecule has 0 unspecified atom stereocenters. The van der Waals surface area contributed by atoms with Gasteiger partial charge in [0, 0.05) is 6.42 Å². The Kier molecular flexibility index (Phi) is 10.0. The lowest BCUT2D eigenvalue weighted by Crippen LogP contribution is -2.43. The maximum absolute atomic E-state index is 12.8. The first kappa shape index (κ1) is 27.1. The van der Waals surface area contributed by atoms with E-state index in [-0.39, 0.29) is 34.3 Å². The quantitative estimate of drug-likeness (QED) is 0.279. The molecule has 2 aromatic rings. The third-order valence-electron chi connectivity index (χ3n) is 4.28. The minimum atomic E-state index is -4.29. The molecule has 0 bridgehead atoms. The van der Waals surface area contributed by atoms with Gasteiger partial charge in [0.05, 0.1) is 25.6 Å². The molecule has 3 N–H and O–H groups in total. The van der Waals surface area contributed by atoms with Crippen molar-refractivity contribution in [3.63, 3.8) is 0 Å². The van der Waals surface area contributed by atoms with Crippen LogP contribution in [0.1, 0.15) is 26.2 Å². The van der Waals surface area contributed by atoms with Crippen molar-refractivity contribution in [2.24, 2.45) is 4.99 Å². The van der Waals surface area contributed by atoms with E-state index in [1.165, 1.54) is 24.3 Å². The molecule has 12 nitrogen and oxygen atoms in total. The molecule has 188 valence electrons. The molecule has 0 aliphatic heterocycles. The standard InChI is InChI=1S/C22H26N4O8S/c1-4-5-11-19(27)23-17-13-12-16(35(30,31)34-15-9-7-6-8-10-15)14-18(17)24-20(25-21(28)32-2)26-22(29)33-3/h6-10,12-14H,4-5,11H2,1-3H3,(H,23,27)(H2,24,25,26,28,29). The number of methoxy groups -OCH3 is 2. The maximum Gasteiger partial charge on any atom is 0.413 e. The van der Waals surface area contributed by atoms with Crippen LogP contribution in [0.5, 0.6) is 5.75 Å². The number of hydrogen-bond acceptors (Lipinski definition) is 9. The normalized spacial score (nSPS) is 10.5. The van der Waals surface area contributed by atoms with Gasteiger partial charge < -0.3 is 19.0 Å². The fourth-order valence-corrected chi connectivity index (χ4v) is 3.52. The summed E-state index contributed by atoms with van der Waals surface area (Å²) < 4.78 is 39.8. The molecule has 0 radical (unpaired) electrons. The Morgan fingerprint density at radius 1 is 0.943 bits per heavy atom. The van der Waals surface area contributed by atoms with Gasteiger partial charge in [-0.1, -0.05) is 31.5 Å². The summed E-state index contributed by atoms with van der Waals surface area (Å²) in [6, 6.07) is 11.5. The highest BCUT2D eigenvalue weighted by molar-refractivity contribution is 7.87. The molecule has 3 amide bonds. The number of alkyl carbamates (subject to hydrolysis) is 2. The molecule has 0 heterocycles. The number of anilines is 1. The lowest BCUT2D eigenvalue weighted by molar-refractivity contribution is -0.116. The smallest absolute Gasteiger partial charge is 0.413 e. The van der Waals surface area contributed by atoms with Crippen molar-refractivity contribution in [2.75, 3.05) is 19.5 Å². The van der Waals surface area contributed by atoms with E-state index in [9.17, 15) is 22.8 Å². The number of carbonyl (C=O) groups excluding carboxylic acids is 3. The first-order valence-electron chi connectivity index (χ1n) is 10.4. The molecule has 0 aliphatic carbocycles. The van der Waals surface area contributed by atoms with Gasteiger partial charge in [0.15, 0.2) is 0 Å². The van der Waals surface area contributed by atoms with Crippen LogP contribution in [-0.2, 0) is 24.4 Å².